The molecule has 0 atom stereocenters. The summed E-state index contributed by atoms with van der Waals surface area (Å²) in [5, 5.41) is 10.1. The fourth-order valence-corrected chi connectivity index (χ4v) is 2.86. The van der Waals surface area contributed by atoms with Crippen molar-refractivity contribution >= 4 is 20.9 Å². The van der Waals surface area contributed by atoms with Gasteiger partial charge in [0.25, 0.3) is 10.1 Å². The van der Waals surface area contributed by atoms with Crippen molar-refractivity contribution in [1.82, 2.24) is 0 Å². The highest BCUT2D eigenvalue weighted by Crippen LogP contribution is 2.24. The molecule has 0 aliphatic carbocycles. The number of benzene rings is 3. The number of halogens is 1. The molecular formula is C18H12FNO4S. The average Bonchev–Trinajstić information content (AvgIpc) is 2.59. The molecule has 0 radical (unpaired) electrons. The van der Waals surface area contributed by atoms with Crippen LogP contribution in [0, 0.1) is 17.1 Å². The summed E-state index contributed by atoms with van der Waals surface area (Å²) < 4.78 is 50.8. The van der Waals surface area contributed by atoms with E-state index in [2.05, 4.69) is 0 Å². The lowest BCUT2D eigenvalue weighted by Crippen LogP contribution is -1.99. The quantitative estimate of drug-likeness (QED) is 0.720. The van der Waals surface area contributed by atoms with Crippen LogP contribution in [0.25, 0.3) is 10.8 Å². The normalized spacial score (nSPS) is 11.2. The monoisotopic (exact) mass is 357 g/mol. The molecule has 0 saturated carbocycles. The van der Waals surface area contributed by atoms with Gasteiger partial charge in [-0.05, 0) is 47.2 Å². The van der Waals surface area contributed by atoms with Crippen molar-refractivity contribution in [2.24, 2.45) is 0 Å². The average molecular weight is 357 g/mol. The van der Waals surface area contributed by atoms with Gasteiger partial charge in [0.2, 0.25) is 0 Å². The first-order chi connectivity index (χ1) is 11.9. The third kappa shape index (κ3) is 3.76. The number of nitrogens with zero attached hydrogens (tertiary/aromatic N) is 1. The van der Waals surface area contributed by atoms with Crippen LogP contribution in [-0.4, -0.2) is 13.0 Å². The van der Waals surface area contributed by atoms with Gasteiger partial charge in [-0.2, -0.15) is 13.7 Å². The third-order valence-corrected chi connectivity index (χ3v) is 4.51. The van der Waals surface area contributed by atoms with Crippen molar-refractivity contribution in [3.05, 3.63) is 71.5 Å². The molecule has 3 rings (SSSR count). The van der Waals surface area contributed by atoms with Crippen molar-refractivity contribution < 1.29 is 22.1 Å². The number of hydrogen-bond acceptors (Lipinski definition) is 4. The van der Waals surface area contributed by atoms with Crippen molar-refractivity contribution in [2.45, 2.75) is 11.5 Å². The zero-order chi connectivity index (χ0) is 18.0. The van der Waals surface area contributed by atoms with E-state index in [0.29, 0.717) is 22.1 Å². The summed E-state index contributed by atoms with van der Waals surface area (Å²) >= 11 is 0. The maximum absolute atomic E-state index is 13.8. The van der Waals surface area contributed by atoms with Crippen LogP contribution in [0.3, 0.4) is 0 Å². The molecule has 0 fully saturated rings. The maximum atomic E-state index is 13.8. The molecule has 0 unspecified atom stereocenters. The molecule has 0 aliphatic heterocycles. The van der Waals surface area contributed by atoms with Gasteiger partial charge in [0.15, 0.2) is 0 Å². The van der Waals surface area contributed by atoms with Gasteiger partial charge >= 0.3 is 0 Å². The molecule has 0 heterocycles. The Hall–Kier alpha value is -2.95. The van der Waals surface area contributed by atoms with E-state index in [-0.39, 0.29) is 17.1 Å². The van der Waals surface area contributed by atoms with E-state index in [1.165, 1.54) is 24.3 Å². The van der Waals surface area contributed by atoms with Crippen LogP contribution in [0.1, 0.15) is 11.1 Å². The van der Waals surface area contributed by atoms with Crippen molar-refractivity contribution in [1.29, 1.82) is 5.26 Å². The van der Waals surface area contributed by atoms with E-state index >= 15 is 0 Å². The highest BCUT2D eigenvalue weighted by atomic mass is 32.2. The molecule has 1 N–H and O–H groups in total. The molecule has 0 saturated heterocycles. The molecule has 7 heteroatoms. The highest BCUT2D eigenvalue weighted by molar-refractivity contribution is 7.85. The first kappa shape index (κ1) is 16.9. The zero-order valence-electron chi connectivity index (χ0n) is 12.8. The summed E-state index contributed by atoms with van der Waals surface area (Å²) in [7, 11) is -4.26. The molecule has 0 aromatic heterocycles. The van der Waals surface area contributed by atoms with Gasteiger partial charge in [0.05, 0.1) is 16.5 Å². The van der Waals surface area contributed by atoms with E-state index < -0.39 is 15.9 Å². The summed E-state index contributed by atoms with van der Waals surface area (Å²) in [6, 6.07) is 15.2. The molecule has 0 aliphatic rings. The lowest BCUT2D eigenvalue weighted by Gasteiger charge is -2.09. The number of hydrogen-bond donors (Lipinski definition) is 1. The van der Waals surface area contributed by atoms with E-state index in [1.54, 1.807) is 24.3 Å². The number of rotatable bonds is 4. The molecule has 3 aromatic carbocycles. The molecular weight excluding hydrogens is 345 g/mol. The smallest absolute Gasteiger partial charge is 0.294 e. The molecule has 3 aromatic rings. The highest BCUT2D eigenvalue weighted by Gasteiger charge is 2.10. The summed E-state index contributed by atoms with van der Waals surface area (Å²) in [4.78, 5) is -0.187. The lowest BCUT2D eigenvalue weighted by molar-refractivity contribution is 0.300. The Bertz CT molecular complexity index is 1100. The molecule has 0 spiro atoms. The van der Waals surface area contributed by atoms with Gasteiger partial charge in [-0.3, -0.25) is 4.55 Å². The Morgan fingerprint density at radius 1 is 1.04 bits per heavy atom. The summed E-state index contributed by atoms with van der Waals surface area (Å²) in [5.74, 6) is -0.0338. The first-order valence-corrected chi connectivity index (χ1v) is 8.63. The van der Waals surface area contributed by atoms with Crippen molar-refractivity contribution in [2.75, 3.05) is 0 Å². The van der Waals surface area contributed by atoms with E-state index in [0.717, 1.165) is 6.07 Å². The van der Waals surface area contributed by atoms with Gasteiger partial charge in [0, 0.05) is 5.56 Å². The Labute approximate surface area is 143 Å². The standard InChI is InChI=1S/C18H12FNO4S/c19-18-7-12(10-20)1-2-15(18)11-24-16-5-3-14-9-17(25(21,22)23)6-4-13(14)8-16/h1-9H,11H2,(H,21,22,23). The molecule has 126 valence electrons. The fourth-order valence-electron chi connectivity index (χ4n) is 2.35. The summed E-state index contributed by atoms with van der Waals surface area (Å²) in [5.41, 5.74) is 0.558. The molecule has 25 heavy (non-hydrogen) atoms. The van der Waals surface area contributed by atoms with Crippen molar-refractivity contribution in [3.8, 4) is 11.8 Å². The molecule has 0 bridgehead atoms. The van der Waals surface area contributed by atoms with Crippen LogP contribution in [-0.2, 0) is 16.7 Å². The predicted molar refractivity (Wildman–Crippen MR) is 89.2 cm³/mol. The number of fused-ring (bicyclic) bond motifs is 1. The largest absolute Gasteiger partial charge is 0.489 e. The van der Waals surface area contributed by atoms with Gasteiger partial charge in [-0.1, -0.05) is 18.2 Å². The summed E-state index contributed by atoms with van der Waals surface area (Å²) in [6.45, 7) is -0.00779. The first-order valence-electron chi connectivity index (χ1n) is 7.19. The van der Waals surface area contributed by atoms with Crippen LogP contribution < -0.4 is 4.74 Å². The van der Waals surface area contributed by atoms with Gasteiger partial charge in [-0.15, -0.1) is 0 Å². The minimum atomic E-state index is -4.26. The second-order valence-corrected chi connectivity index (χ2v) is 6.77. The maximum Gasteiger partial charge on any atom is 0.294 e. The zero-order valence-corrected chi connectivity index (χ0v) is 13.6. The van der Waals surface area contributed by atoms with E-state index in [1.807, 2.05) is 6.07 Å². The number of nitriles is 1. The van der Waals surface area contributed by atoms with Crippen molar-refractivity contribution in [3.63, 3.8) is 0 Å². The van der Waals surface area contributed by atoms with E-state index in [9.17, 15) is 12.8 Å². The molecule has 5 nitrogen and oxygen atoms in total. The Kier molecular flexibility index (Phi) is 4.40. The lowest BCUT2D eigenvalue weighted by atomic mass is 10.1. The summed E-state index contributed by atoms with van der Waals surface area (Å²) in [6.07, 6.45) is 0. The van der Waals surface area contributed by atoms with Crippen LogP contribution in [0.5, 0.6) is 5.75 Å². The predicted octanol–water partition coefficient (Wildman–Crippen LogP) is 3.68. The second kappa shape index (κ2) is 6.51. The minimum absolute atomic E-state index is 0.00779. The fraction of sp³-hybridized carbons (Fsp3) is 0.0556. The SMILES string of the molecule is N#Cc1ccc(COc2ccc3cc(S(=O)(=O)O)ccc3c2)c(F)c1. The Morgan fingerprint density at radius 2 is 1.76 bits per heavy atom. The number of ether oxygens (including phenoxy) is 1. The van der Waals surface area contributed by atoms with Crippen LogP contribution in [0.2, 0.25) is 0 Å². The van der Waals surface area contributed by atoms with Crippen LogP contribution >= 0.6 is 0 Å². The van der Waals surface area contributed by atoms with Crippen LogP contribution in [0.4, 0.5) is 4.39 Å². The topological polar surface area (TPSA) is 87.4 Å². The van der Waals surface area contributed by atoms with Gasteiger partial charge in [0.1, 0.15) is 18.2 Å². The van der Waals surface area contributed by atoms with E-state index in [4.69, 9.17) is 14.6 Å². The van der Waals surface area contributed by atoms with Crippen LogP contribution in [0.15, 0.2) is 59.5 Å². The second-order valence-electron chi connectivity index (χ2n) is 5.35. The molecule has 0 amide bonds. The third-order valence-electron chi connectivity index (χ3n) is 3.66. The Morgan fingerprint density at radius 3 is 2.44 bits per heavy atom. The van der Waals surface area contributed by atoms with Gasteiger partial charge in [-0.25, -0.2) is 4.39 Å². The Balaban J connectivity index is 1.82. The van der Waals surface area contributed by atoms with Gasteiger partial charge < -0.3 is 4.74 Å². The minimum Gasteiger partial charge on any atom is -0.489 e.